The molecule has 2 saturated heterocycles. The maximum absolute atomic E-state index is 12.8. The van der Waals surface area contributed by atoms with Crippen molar-refractivity contribution in [3.63, 3.8) is 0 Å². The lowest BCUT2D eigenvalue weighted by Crippen LogP contribution is -2.62. The largest absolute Gasteiger partial charge is 0.340 e. The quantitative estimate of drug-likeness (QED) is 0.780. The Morgan fingerprint density at radius 3 is 2.08 bits per heavy atom. The minimum Gasteiger partial charge on any atom is -0.340 e. The Kier molecular flexibility index (Phi) is 6.10. The van der Waals surface area contributed by atoms with E-state index in [1.807, 2.05) is 0 Å². The summed E-state index contributed by atoms with van der Waals surface area (Å²) in [5, 5.41) is 0. The summed E-state index contributed by atoms with van der Waals surface area (Å²) >= 11 is 0. The van der Waals surface area contributed by atoms with Crippen molar-refractivity contribution in [1.82, 2.24) is 14.7 Å². The molecule has 0 radical (unpaired) electrons. The zero-order chi connectivity index (χ0) is 18.1. The van der Waals surface area contributed by atoms with Crippen molar-refractivity contribution in [1.29, 1.82) is 0 Å². The van der Waals surface area contributed by atoms with Crippen LogP contribution < -0.4 is 0 Å². The lowest BCUT2D eigenvalue weighted by atomic mass is 9.79. The molecule has 0 aromatic rings. The van der Waals surface area contributed by atoms with Crippen molar-refractivity contribution in [2.45, 2.75) is 78.4 Å². The van der Waals surface area contributed by atoms with Crippen molar-refractivity contribution in [2.75, 3.05) is 32.7 Å². The van der Waals surface area contributed by atoms with Gasteiger partial charge >= 0.3 is 0 Å². The van der Waals surface area contributed by atoms with E-state index in [4.69, 9.17) is 0 Å². The van der Waals surface area contributed by atoms with E-state index in [1.165, 1.54) is 25.7 Å². The highest BCUT2D eigenvalue weighted by Gasteiger charge is 2.39. The first-order chi connectivity index (χ1) is 11.9. The van der Waals surface area contributed by atoms with E-state index < -0.39 is 0 Å². The fourth-order valence-corrected chi connectivity index (χ4v) is 5.16. The lowest BCUT2D eigenvalue weighted by molar-refractivity contribution is -0.145. The second-order valence-corrected chi connectivity index (χ2v) is 9.43. The summed E-state index contributed by atoms with van der Waals surface area (Å²) in [6.45, 7) is 16.4. The molecule has 2 aliphatic heterocycles. The van der Waals surface area contributed by atoms with Gasteiger partial charge in [-0.1, -0.05) is 13.8 Å². The maximum Gasteiger partial charge on any atom is 0.228 e. The van der Waals surface area contributed by atoms with Gasteiger partial charge in [0, 0.05) is 50.8 Å². The number of hydrogen-bond donors (Lipinski definition) is 0. The first-order valence-corrected chi connectivity index (χ1v) is 10.6. The summed E-state index contributed by atoms with van der Waals surface area (Å²) in [5.41, 5.74) is 0. The normalized spacial score (nSPS) is 33.1. The number of hydrogen-bond acceptors (Lipinski definition) is 3. The topological polar surface area (TPSA) is 26.8 Å². The molecule has 0 aromatic heterocycles. The Balaban J connectivity index is 1.46. The van der Waals surface area contributed by atoms with Gasteiger partial charge in [0.15, 0.2) is 0 Å². The SMILES string of the molecule is CC(C)C1CCC(N2CCN(C(=O)C3CN(C(C)C)C3)C[C@H]2C)CC1. The molecule has 1 aliphatic carbocycles. The number of likely N-dealkylation sites (tertiary alicyclic amines) is 1. The Hall–Kier alpha value is -0.610. The Bertz CT molecular complexity index is 450. The van der Waals surface area contributed by atoms with Crippen LogP contribution in [-0.4, -0.2) is 71.5 Å². The van der Waals surface area contributed by atoms with Crippen LogP contribution in [0.25, 0.3) is 0 Å². The predicted octanol–water partition coefficient (Wildman–Crippen LogP) is 3.07. The molecule has 3 rings (SSSR count). The van der Waals surface area contributed by atoms with E-state index in [9.17, 15) is 4.79 Å². The zero-order valence-corrected chi connectivity index (χ0v) is 17.1. The highest BCUT2D eigenvalue weighted by atomic mass is 16.2. The van der Waals surface area contributed by atoms with Gasteiger partial charge in [-0.2, -0.15) is 0 Å². The molecule has 0 spiro atoms. The Morgan fingerprint density at radius 2 is 1.56 bits per heavy atom. The number of carbonyl (C=O) groups is 1. The van der Waals surface area contributed by atoms with Crippen LogP contribution in [0.15, 0.2) is 0 Å². The Morgan fingerprint density at radius 1 is 0.920 bits per heavy atom. The number of nitrogens with zero attached hydrogens (tertiary/aromatic N) is 3. The molecule has 2 heterocycles. The van der Waals surface area contributed by atoms with Gasteiger partial charge in [0.25, 0.3) is 0 Å². The third kappa shape index (κ3) is 4.21. The molecule has 0 N–H and O–H groups in total. The maximum atomic E-state index is 12.8. The van der Waals surface area contributed by atoms with Crippen molar-refractivity contribution < 1.29 is 4.79 Å². The second kappa shape index (κ2) is 7.96. The molecule has 1 atom stereocenters. The van der Waals surface area contributed by atoms with Crippen molar-refractivity contribution >= 4 is 5.91 Å². The van der Waals surface area contributed by atoms with Crippen LogP contribution in [0.4, 0.5) is 0 Å². The molecule has 1 amide bonds. The zero-order valence-electron chi connectivity index (χ0n) is 17.1. The molecule has 0 unspecified atom stereocenters. The van der Waals surface area contributed by atoms with Gasteiger partial charge in [0.1, 0.15) is 0 Å². The van der Waals surface area contributed by atoms with E-state index in [0.717, 1.165) is 50.6 Å². The molecular weight excluding hydrogens is 310 g/mol. The molecule has 3 aliphatic rings. The van der Waals surface area contributed by atoms with Crippen molar-refractivity contribution in [2.24, 2.45) is 17.8 Å². The fraction of sp³-hybridized carbons (Fsp3) is 0.952. The van der Waals surface area contributed by atoms with Crippen LogP contribution in [0, 0.1) is 17.8 Å². The molecule has 4 heteroatoms. The van der Waals surface area contributed by atoms with Crippen LogP contribution in [0.2, 0.25) is 0 Å². The molecule has 4 nitrogen and oxygen atoms in total. The minimum atomic E-state index is 0.252. The summed E-state index contributed by atoms with van der Waals surface area (Å²) in [5.74, 6) is 2.42. The van der Waals surface area contributed by atoms with Crippen molar-refractivity contribution in [3.8, 4) is 0 Å². The summed E-state index contributed by atoms with van der Waals surface area (Å²) in [6, 6.07) is 1.84. The molecule has 3 fully saturated rings. The van der Waals surface area contributed by atoms with Gasteiger partial charge in [-0.3, -0.25) is 14.6 Å². The van der Waals surface area contributed by atoms with Crippen LogP contribution in [0.1, 0.15) is 60.3 Å². The standard InChI is InChI=1S/C21H39N3O/c1-15(2)18-6-8-20(9-7-18)24-11-10-22(12-17(24)5)21(25)19-13-23(14-19)16(3)4/h15-20H,6-14H2,1-5H3/t17-,18?,20?/m1/s1. The van der Waals surface area contributed by atoms with E-state index >= 15 is 0 Å². The summed E-state index contributed by atoms with van der Waals surface area (Å²) < 4.78 is 0. The van der Waals surface area contributed by atoms with E-state index in [1.54, 1.807) is 0 Å². The monoisotopic (exact) mass is 349 g/mol. The average Bonchev–Trinajstić information content (AvgIpc) is 2.53. The molecule has 1 saturated carbocycles. The van der Waals surface area contributed by atoms with Crippen molar-refractivity contribution in [3.05, 3.63) is 0 Å². The van der Waals surface area contributed by atoms with Gasteiger partial charge in [0.05, 0.1) is 5.92 Å². The number of amides is 1. The van der Waals surface area contributed by atoms with Gasteiger partial charge in [-0.05, 0) is 58.3 Å². The number of carbonyl (C=O) groups excluding carboxylic acids is 1. The third-order valence-electron chi connectivity index (χ3n) is 7.13. The Labute approximate surface area is 154 Å². The minimum absolute atomic E-state index is 0.252. The van der Waals surface area contributed by atoms with Crippen LogP contribution in [-0.2, 0) is 4.79 Å². The summed E-state index contributed by atoms with van der Waals surface area (Å²) in [6.07, 6.45) is 5.49. The summed E-state index contributed by atoms with van der Waals surface area (Å²) in [7, 11) is 0. The van der Waals surface area contributed by atoms with Crippen LogP contribution >= 0.6 is 0 Å². The first kappa shape index (κ1) is 19.2. The predicted molar refractivity (Wildman–Crippen MR) is 104 cm³/mol. The first-order valence-electron chi connectivity index (χ1n) is 10.6. The highest BCUT2D eigenvalue weighted by molar-refractivity contribution is 5.80. The molecular formula is C21H39N3O. The molecule has 144 valence electrons. The van der Waals surface area contributed by atoms with Gasteiger partial charge in [-0.25, -0.2) is 0 Å². The fourth-order valence-electron chi connectivity index (χ4n) is 5.16. The number of rotatable bonds is 4. The highest BCUT2D eigenvalue weighted by Crippen LogP contribution is 2.33. The molecule has 0 bridgehead atoms. The number of piperazine rings is 1. The van der Waals surface area contributed by atoms with Crippen LogP contribution in [0.5, 0.6) is 0 Å². The summed E-state index contributed by atoms with van der Waals surface area (Å²) in [4.78, 5) is 20.0. The van der Waals surface area contributed by atoms with E-state index in [-0.39, 0.29) is 5.92 Å². The average molecular weight is 350 g/mol. The molecule has 25 heavy (non-hydrogen) atoms. The van der Waals surface area contributed by atoms with Gasteiger partial charge in [-0.15, -0.1) is 0 Å². The van der Waals surface area contributed by atoms with Gasteiger partial charge < -0.3 is 4.90 Å². The molecule has 0 aromatic carbocycles. The third-order valence-corrected chi connectivity index (χ3v) is 7.13. The smallest absolute Gasteiger partial charge is 0.228 e. The van der Waals surface area contributed by atoms with Crippen LogP contribution in [0.3, 0.4) is 0 Å². The van der Waals surface area contributed by atoms with E-state index in [0.29, 0.717) is 18.0 Å². The van der Waals surface area contributed by atoms with E-state index in [2.05, 4.69) is 49.3 Å². The van der Waals surface area contributed by atoms with Gasteiger partial charge in [0.2, 0.25) is 5.91 Å². The second-order valence-electron chi connectivity index (χ2n) is 9.43. The lowest BCUT2D eigenvalue weighted by Gasteiger charge is -2.48.